The Balaban J connectivity index is 1.82. The molecular formula is C24H23NO6. The Morgan fingerprint density at radius 3 is 1.39 bits per heavy atom. The standard InChI is InChI=1S/C24H23NO6/c1-28-23(26)30-16-18-8-12-21(13-9-18)25(20-6-4-3-5-7-20)22-14-10-19(11-15-22)17-31-24(27)29-2/h3-15H,16-17H2,1-2H3. The molecule has 0 aromatic heterocycles. The van der Waals surface area contributed by atoms with E-state index in [2.05, 4.69) is 14.4 Å². The van der Waals surface area contributed by atoms with Crippen LogP contribution < -0.4 is 4.90 Å². The van der Waals surface area contributed by atoms with Gasteiger partial charge >= 0.3 is 12.3 Å². The highest BCUT2D eigenvalue weighted by Gasteiger charge is 2.13. The number of hydrogen-bond acceptors (Lipinski definition) is 7. The summed E-state index contributed by atoms with van der Waals surface area (Å²) in [6.07, 6.45) is -1.43. The fourth-order valence-electron chi connectivity index (χ4n) is 2.91. The molecule has 0 amide bonds. The summed E-state index contributed by atoms with van der Waals surface area (Å²) in [6, 6.07) is 25.3. The summed E-state index contributed by atoms with van der Waals surface area (Å²) >= 11 is 0. The highest BCUT2D eigenvalue weighted by atomic mass is 16.7. The second-order valence-corrected chi connectivity index (χ2v) is 6.49. The zero-order valence-corrected chi connectivity index (χ0v) is 17.3. The lowest BCUT2D eigenvalue weighted by Crippen LogP contribution is -2.10. The maximum atomic E-state index is 11.2. The predicted molar refractivity (Wildman–Crippen MR) is 116 cm³/mol. The van der Waals surface area contributed by atoms with Gasteiger partial charge < -0.3 is 23.8 Å². The Hall–Kier alpha value is -4.00. The number of nitrogens with zero attached hydrogens (tertiary/aromatic N) is 1. The quantitative estimate of drug-likeness (QED) is 0.452. The van der Waals surface area contributed by atoms with Crippen LogP contribution in [0.1, 0.15) is 11.1 Å². The predicted octanol–water partition coefficient (Wildman–Crippen LogP) is 5.72. The molecule has 3 rings (SSSR count). The van der Waals surface area contributed by atoms with E-state index in [0.717, 1.165) is 28.2 Å². The van der Waals surface area contributed by atoms with E-state index in [1.54, 1.807) is 0 Å². The van der Waals surface area contributed by atoms with Gasteiger partial charge in [-0.3, -0.25) is 0 Å². The molecule has 0 saturated heterocycles. The lowest BCUT2D eigenvalue weighted by molar-refractivity contribution is 0.0660. The minimum absolute atomic E-state index is 0.132. The second-order valence-electron chi connectivity index (χ2n) is 6.49. The van der Waals surface area contributed by atoms with Crippen molar-refractivity contribution in [3.8, 4) is 0 Å². The second kappa shape index (κ2) is 10.7. The molecular weight excluding hydrogens is 398 g/mol. The number of carbonyl (C=O) groups is 2. The van der Waals surface area contributed by atoms with Crippen molar-refractivity contribution in [3.05, 3.63) is 90.0 Å². The maximum Gasteiger partial charge on any atom is 0.508 e. The van der Waals surface area contributed by atoms with Gasteiger partial charge in [-0.2, -0.15) is 0 Å². The highest BCUT2D eigenvalue weighted by molar-refractivity contribution is 5.76. The van der Waals surface area contributed by atoms with E-state index >= 15 is 0 Å². The van der Waals surface area contributed by atoms with E-state index in [1.807, 2.05) is 78.9 Å². The fourth-order valence-corrected chi connectivity index (χ4v) is 2.91. The molecule has 3 aromatic carbocycles. The topological polar surface area (TPSA) is 74.3 Å². The van der Waals surface area contributed by atoms with Gasteiger partial charge in [0.25, 0.3) is 0 Å². The van der Waals surface area contributed by atoms with Gasteiger partial charge in [-0.1, -0.05) is 42.5 Å². The van der Waals surface area contributed by atoms with Crippen LogP contribution >= 0.6 is 0 Å². The minimum atomic E-state index is -0.716. The van der Waals surface area contributed by atoms with E-state index in [0.29, 0.717) is 0 Å². The SMILES string of the molecule is COC(=O)OCc1ccc(N(c2ccccc2)c2ccc(COC(=O)OC)cc2)cc1. The molecule has 0 aliphatic heterocycles. The number of rotatable bonds is 7. The van der Waals surface area contributed by atoms with E-state index in [9.17, 15) is 9.59 Å². The smallest absolute Gasteiger partial charge is 0.438 e. The largest absolute Gasteiger partial charge is 0.508 e. The molecule has 0 N–H and O–H groups in total. The molecule has 0 spiro atoms. The summed E-state index contributed by atoms with van der Waals surface area (Å²) in [4.78, 5) is 24.4. The van der Waals surface area contributed by atoms with Crippen LogP contribution in [0.25, 0.3) is 0 Å². The summed E-state index contributed by atoms with van der Waals surface area (Å²) in [5.74, 6) is 0. The molecule has 160 valence electrons. The van der Waals surface area contributed by atoms with E-state index in [1.165, 1.54) is 14.2 Å². The number of para-hydroxylation sites is 1. The van der Waals surface area contributed by atoms with Gasteiger partial charge in [-0.25, -0.2) is 9.59 Å². The molecule has 0 atom stereocenters. The molecule has 0 aliphatic carbocycles. The number of ether oxygens (including phenoxy) is 4. The number of hydrogen-bond donors (Lipinski definition) is 0. The number of methoxy groups -OCH3 is 2. The zero-order valence-electron chi connectivity index (χ0n) is 17.3. The molecule has 7 heteroatoms. The molecule has 0 aliphatic rings. The summed E-state index contributed by atoms with van der Waals surface area (Å²) in [6.45, 7) is 0.264. The molecule has 0 fully saturated rings. The maximum absolute atomic E-state index is 11.2. The molecule has 7 nitrogen and oxygen atoms in total. The monoisotopic (exact) mass is 421 g/mol. The number of benzene rings is 3. The molecule has 0 saturated carbocycles. The van der Waals surface area contributed by atoms with E-state index in [4.69, 9.17) is 9.47 Å². The van der Waals surface area contributed by atoms with Crippen molar-refractivity contribution >= 4 is 29.4 Å². The van der Waals surface area contributed by atoms with Crippen LogP contribution in [0.3, 0.4) is 0 Å². The first-order valence-corrected chi connectivity index (χ1v) is 9.55. The van der Waals surface area contributed by atoms with Crippen LogP contribution in [-0.2, 0) is 32.2 Å². The number of anilines is 3. The van der Waals surface area contributed by atoms with Gasteiger partial charge in [-0.15, -0.1) is 0 Å². The first kappa shape index (κ1) is 21.7. The van der Waals surface area contributed by atoms with Gasteiger partial charge in [0.15, 0.2) is 0 Å². The van der Waals surface area contributed by atoms with Crippen molar-refractivity contribution in [2.24, 2.45) is 0 Å². The molecule has 0 unspecified atom stereocenters. The molecule has 31 heavy (non-hydrogen) atoms. The third-order valence-corrected chi connectivity index (χ3v) is 4.45. The Kier molecular flexibility index (Phi) is 7.48. The summed E-state index contributed by atoms with van der Waals surface area (Å²) in [5, 5.41) is 0. The van der Waals surface area contributed by atoms with Crippen molar-refractivity contribution < 1.29 is 28.5 Å². The van der Waals surface area contributed by atoms with Crippen LogP contribution in [0.4, 0.5) is 26.7 Å². The highest BCUT2D eigenvalue weighted by Crippen LogP contribution is 2.34. The average molecular weight is 421 g/mol. The van der Waals surface area contributed by atoms with Crippen LogP contribution in [0, 0.1) is 0 Å². The molecule has 3 aromatic rings. The van der Waals surface area contributed by atoms with Gasteiger partial charge in [0, 0.05) is 17.1 Å². The van der Waals surface area contributed by atoms with Crippen LogP contribution in [0.5, 0.6) is 0 Å². The van der Waals surface area contributed by atoms with Crippen molar-refractivity contribution in [1.82, 2.24) is 0 Å². The van der Waals surface area contributed by atoms with Crippen molar-refractivity contribution in [3.63, 3.8) is 0 Å². The zero-order chi connectivity index (χ0) is 22.1. The Morgan fingerprint density at radius 1 is 0.613 bits per heavy atom. The molecule has 0 heterocycles. The van der Waals surface area contributed by atoms with E-state index in [-0.39, 0.29) is 13.2 Å². The van der Waals surface area contributed by atoms with Crippen LogP contribution in [-0.4, -0.2) is 26.5 Å². The summed E-state index contributed by atoms with van der Waals surface area (Å²) < 4.78 is 19.0. The van der Waals surface area contributed by atoms with Crippen molar-refractivity contribution in [2.45, 2.75) is 13.2 Å². The number of carbonyl (C=O) groups excluding carboxylic acids is 2. The van der Waals surface area contributed by atoms with E-state index < -0.39 is 12.3 Å². The lowest BCUT2D eigenvalue weighted by atomic mass is 10.1. The molecule has 0 bridgehead atoms. The van der Waals surface area contributed by atoms with Gasteiger partial charge in [0.05, 0.1) is 14.2 Å². The Bertz CT molecular complexity index is 923. The normalized spacial score (nSPS) is 10.1. The first-order valence-electron chi connectivity index (χ1n) is 9.55. The fraction of sp³-hybridized carbons (Fsp3) is 0.167. The summed E-state index contributed by atoms with van der Waals surface area (Å²) in [7, 11) is 2.55. The van der Waals surface area contributed by atoms with Crippen LogP contribution in [0.15, 0.2) is 78.9 Å². The van der Waals surface area contributed by atoms with Gasteiger partial charge in [-0.05, 0) is 47.5 Å². The lowest BCUT2D eigenvalue weighted by Gasteiger charge is -2.25. The Morgan fingerprint density at radius 2 is 1.00 bits per heavy atom. The third-order valence-electron chi connectivity index (χ3n) is 4.45. The first-order chi connectivity index (χ1) is 15.1. The van der Waals surface area contributed by atoms with Gasteiger partial charge in [0.2, 0.25) is 0 Å². The average Bonchev–Trinajstić information content (AvgIpc) is 2.83. The summed E-state index contributed by atoms with van der Waals surface area (Å²) in [5.41, 5.74) is 4.55. The molecule has 0 radical (unpaired) electrons. The Labute approximate surface area is 180 Å². The van der Waals surface area contributed by atoms with Crippen molar-refractivity contribution in [2.75, 3.05) is 19.1 Å². The van der Waals surface area contributed by atoms with Gasteiger partial charge in [0.1, 0.15) is 13.2 Å². The van der Waals surface area contributed by atoms with Crippen LogP contribution in [0.2, 0.25) is 0 Å². The minimum Gasteiger partial charge on any atom is -0.438 e. The van der Waals surface area contributed by atoms with Crippen molar-refractivity contribution in [1.29, 1.82) is 0 Å². The third kappa shape index (κ3) is 5.99.